The molecule has 0 aliphatic rings. The maximum absolute atomic E-state index is 11.7. The molecule has 0 fully saturated rings. The van der Waals surface area contributed by atoms with Gasteiger partial charge in [-0.2, -0.15) is 5.26 Å². The Labute approximate surface area is 353 Å². The van der Waals surface area contributed by atoms with Gasteiger partial charge < -0.3 is 9.13 Å². The van der Waals surface area contributed by atoms with Crippen LogP contribution in [0, 0.1) is 17.9 Å². The Morgan fingerprint density at radius 3 is 1.85 bits per heavy atom. The minimum atomic E-state index is 0.395. The summed E-state index contributed by atoms with van der Waals surface area (Å²) in [4.78, 5) is 9.66. The van der Waals surface area contributed by atoms with Gasteiger partial charge in [0.05, 0.1) is 40.1 Å². The van der Waals surface area contributed by atoms with E-state index in [2.05, 4.69) is 141 Å². The van der Waals surface area contributed by atoms with E-state index in [1.807, 2.05) is 54.7 Å². The number of benzene rings is 9. The fourth-order valence-corrected chi connectivity index (χ4v) is 11.3. The predicted octanol–water partition coefficient (Wildman–Crippen LogP) is 15.1. The zero-order chi connectivity index (χ0) is 40.3. The second kappa shape index (κ2) is 12.6. The third kappa shape index (κ3) is 4.49. The number of hydrogen-bond acceptors (Lipinski definition) is 3. The van der Waals surface area contributed by atoms with Gasteiger partial charge in [-0.1, -0.05) is 133 Å². The Balaban J connectivity index is 1.31. The molecule has 4 heterocycles. The number of fused-ring (bicyclic) bond motifs is 9. The van der Waals surface area contributed by atoms with E-state index in [0.29, 0.717) is 22.5 Å². The van der Waals surface area contributed by atoms with Crippen LogP contribution in [0.2, 0.25) is 0 Å². The molecule has 0 atom stereocenters. The predicted molar refractivity (Wildman–Crippen MR) is 254 cm³/mol. The first kappa shape index (κ1) is 33.7. The van der Waals surface area contributed by atoms with Gasteiger partial charge in [0.15, 0.2) is 0 Å². The van der Waals surface area contributed by atoms with Crippen LogP contribution in [-0.2, 0) is 0 Å². The summed E-state index contributed by atoms with van der Waals surface area (Å²) in [6, 6.07) is 61.8. The minimum Gasteiger partial charge on any atom is -0.307 e. The third-order valence-corrected chi connectivity index (χ3v) is 13.7. The number of nitrogens with zero attached hydrogens (tertiary/aromatic N) is 5. The zero-order valence-corrected chi connectivity index (χ0v) is 33.2. The van der Waals surface area contributed by atoms with Crippen molar-refractivity contribution in [1.29, 1.82) is 5.26 Å². The summed E-state index contributed by atoms with van der Waals surface area (Å²) in [5.41, 5.74) is 9.00. The molecule has 4 aromatic heterocycles. The van der Waals surface area contributed by atoms with Crippen LogP contribution in [-0.4, -0.2) is 14.1 Å². The summed E-state index contributed by atoms with van der Waals surface area (Å²) >= 11 is 1.78. The molecule has 9 aromatic carbocycles. The molecule has 0 aliphatic heterocycles. The number of hydrogen-bond donors (Lipinski definition) is 0. The van der Waals surface area contributed by atoms with Gasteiger partial charge in [-0.05, 0) is 69.1 Å². The van der Waals surface area contributed by atoms with E-state index in [9.17, 15) is 5.26 Å². The molecule has 0 aliphatic carbocycles. The highest BCUT2D eigenvalue weighted by atomic mass is 32.1. The third-order valence-electron chi connectivity index (χ3n) is 12.6. The van der Waals surface area contributed by atoms with Gasteiger partial charge in [0, 0.05) is 59.0 Å². The average Bonchev–Trinajstić information content (AvgIpc) is 3.97. The van der Waals surface area contributed by atoms with Crippen LogP contribution in [0.15, 0.2) is 176 Å². The normalized spacial score (nSPS) is 11.9. The van der Waals surface area contributed by atoms with Gasteiger partial charge in [-0.3, -0.25) is 0 Å². The summed E-state index contributed by atoms with van der Waals surface area (Å²) in [6.07, 6.45) is 1.89. The van der Waals surface area contributed by atoms with Crippen LogP contribution < -0.4 is 0 Å². The molecule has 6 heteroatoms. The monoisotopic (exact) mass is 791 g/mol. The average molecular weight is 792 g/mol. The number of para-hydroxylation sites is 1. The quantitative estimate of drug-likeness (QED) is 0.132. The largest absolute Gasteiger partial charge is 0.307 e. The van der Waals surface area contributed by atoms with E-state index >= 15 is 0 Å². The van der Waals surface area contributed by atoms with Gasteiger partial charge in [0.2, 0.25) is 5.69 Å². The first-order valence-corrected chi connectivity index (χ1v) is 21.0. The highest BCUT2D eigenvalue weighted by Gasteiger charge is 2.32. The topological polar surface area (TPSA) is 50.9 Å². The lowest BCUT2D eigenvalue weighted by Crippen LogP contribution is -2.09. The highest BCUT2D eigenvalue weighted by molar-refractivity contribution is 7.25. The van der Waals surface area contributed by atoms with Gasteiger partial charge in [-0.15, -0.1) is 11.3 Å². The molecule has 61 heavy (non-hydrogen) atoms. The van der Waals surface area contributed by atoms with E-state index in [4.69, 9.17) is 11.6 Å². The first-order valence-electron chi connectivity index (χ1n) is 20.2. The van der Waals surface area contributed by atoms with Crippen molar-refractivity contribution in [2.45, 2.75) is 0 Å². The van der Waals surface area contributed by atoms with E-state index in [1.54, 1.807) is 11.3 Å². The zero-order valence-electron chi connectivity index (χ0n) is 32.4. The van der Waals surface area contributed by atoms with Gasteiger partial charge in [0.25, 0.3) is 0 Å². The van der Waals surface area contributed by atoms with E-state index in [0.717, 1.165) is 82.3 Å². The highest BCUT2D eigenvalue weighted by Crippen LogP contribution is 2.53. The lowest BCUT2D eigenvalue weighted by molar-refractivity contribution is 1.12. The van der Waals surface area contributed by atoms with Crippen molar-refractivity contribution in [3.05, 3.63) is 193 Å². The lowest BCUT2D eigenvalue weighted by Gasteiger charge is -2.25. The molecule has 280 valence electrons. The Kier molecular flexibility index (Phi) is 6.96. The molecule has 0 unspecified atom stereocenters. The fourth-order valence-electron chi connectivity index (χ4n) is 10.2. The Bertz CT molecular complexity index is 3980. The van der Waals surface area contributed by atoms with Gasteiger partial charge >= 0.3 is 0 Å². The summed E-state index contributed by atoms with van der Waals surface area (Å²) in [7, 11) is 0. The second-order valence-corrected chi connectivity index (χ2v) is 16.7. The number of aromatic nitrogens is 3. The summed E-state index contributed by atoms with van der Waals surface area (Å²) in [5.74, 6) is 0. The minimum absolute atomic E-state index is 0.395. The molecule has 5 nitrogen and oxygen atoms in total. The number of pyridine rings is 1. The summed E-state index contributed by atoms with van der Waals surface area (Å²) in [5, 5.41) is 23.1. The van der Waals surface area contributed by atoms with Crippen LogP contribution in [0.25, 0.3) is 124 Å². The van der Waals surface area contributed by atoms with Crippen molar-refractivity contribution in [3.8, 4) is 39.7 Å². The standard InChI is InChI=1S/C55H29N5S/c1-57-52-48(32-15-4-2-5-16-32)42(31-56)53(59-43-24-12-10-21-36(43)40-29-41-37-22-11-13-26-46(37)61-47(41)30-45(40)59)49(33-17-6-3-7-18-33)54(52)60-44-25-14-23-38-34-19-8-9-20-35(34)39-27-28-58-55(60)51(39)50(38)44/h2-30H. The molecule has 13 aromatic rings. The van der Waals surface area contributed by atoms with Crippen LogP contribution in [0.5, 0.6) is 0 Å². The first-order chi connectivity index (χ1) is 30.2. The SMILES string of the molecule is [C-]#[N+]c1c(-c2ccccc2)c(C#N)c(-n2c3ccccc3c3cc4c(cc32)sc2ccccc24)c(-c2ccccc2)c1-n1c2cccc3c4ccccc4c4ccnc1c4c32. The molecule has 0 spiro atoms. The molecular formula is C55H29N5S. The number of thiophene rings is 1. The molecule has 0 saturated heterocycles. The van der Waals surface area contributed by atoms with Crippen LogP contribution >= 0.6 is 11.3 Å². The summed E-state index contributed by atoms with van der Waals surface area (Å²) < 4.78 is 6.92. The van der Waals surface area contributed by atoms with Gasteiger partial charge in [-0.25, -0.2) is 9.83 Å². The lowest BCUT2D eigenvalue weighted by atomic mass is 9.88. The van der Waals surface area contributed by atoms with Crippen molar-refractivity contribution in [3.63, 3.8) is 0 Å². The van der Waals surface area contributed by atoms with E-state index < -0.39 is 0 Å². The van der Waals surface area contributed by atoms with Gasteiger partial charge in [0.1, 0.15) is 11.7 Å². The van der Waals surface area contributed by atoms with Crippen LogP contribution in [0.3, 0.4) is 0 Å². The molecule has 13 rings (SSSR count). The van der Waals surface area contributed by atoms with Crippen molar-refractivity contribution >= 4 is 102 Å². The van der Waals surface area contributed by atoms with Crippen LogP contribution in [0.4, 0.5) is 5.69 Å². The second-order valence-electron chi connectivity index (χ2n) is 15.6. The molecular weight excluding hydrogens is 763 g/mol. The summed E-state index contributed by atoms with van der Waals surface area (Å²) in [6.45, 7) is 9.15. The molecule has 0 radical (unpaired) electrons. The molecule has 0 N–H and O–H groups in total. The fraction of sp³-hybridized carbons (Fsp3) is 0. The molecule has 0 bridgehead atoms. The Hall–Kier alpha value is -8.29. The van der Waals surface area contributed by atoms with Crippen molar-refractivity contribution in [2.75, 3.05) is 0 Å². The van der Waals surface area contributed by atoms with E-state index in [-0.39, 0.29) is 0 Å². The van der Waals surface area contributed by atoms with Crippen LogP contribution in [0.1, 0.15) is 5.56 Å². The number of nitriles is 1. The molecule has 0 saturated carbocycles. The van der Waals surface area contributed by atoms with Crippen molar-refractivity contribution in [1.82, 2.24) is 14.1 Å². The maximum atomic E-state index is 11.7. The molecule has 0 amide bonds. The smallest absolute Gasteiger partial charge is 0.220 e. The maximum Gasteiger partial charge on any atom is 0.220 e. The Morgan fingerprint density at radius 1 is 0.492 bits per heavy atom. The van der Waals surface area contributed by atoms with E-state index in [1.165, 1.54) is 25.6 Å². The van der Waals surface area contributed by atoms with Crippen molar-refractivity contribution < 1.29 is 0 Å². The van der Waals surface area contributed by atoms with Crippen molar-refractivity contribution in [2.24, 2.45) is 0 Å². The number of rotatable bonds is 4. The Morgan fingerprint density at radius 2 is 1.11 bits per heavy atom.